The Morgan fingerprint density at radius 1 is 1.18 bits per heavy atom. The summed E-state index contributed by atoms with van der Waals surface area (Å²) < 4.78 is 0. The summed E-state index contributed by atoms with van der Waals surface area (Å²) in [5, 5.41) is 5.12. The lowest BCUT2D eigenvalue weighted by Crippen LogP contribution is -2.19. The normalized spacial score (nSPS) is 23.3. The van der Waals surface area contributed by atoms with Gasteiger partial charge in [0.05, 0.1) is 11.4 Å². The van der Waals surface area contributed by atoms with Gasteiger partial charge in [0, 0.05) is 5.25 Å². The molecule has 0 spiro atoms. The Morgan fingerprint density at radius 3 is 3.00 bits per heavy atom. The van der Waals surface area contributed by atoms with Gasteiger partial charge in [0.25, 0.3) is 0 Å². The molecule has 1 aromatic rings. The number of nitrogens with one attached hydrogen (secondary N) is 1. The highest BCUT2D eigenvalue weighted by Gasteiger charge is 2.19. The Labute approximate surface area is 106 Å². The SMILES string of the molecule is C1=Cc2ccccc2NN=C1C1CCCCS1. The van der Waals surface area contributed by atoms with E-state index in [0.29, 0.717) is 5.25 Å². The van der Waals surface area contributed by atoms with Gasteiger partial charge >= 0.3 is 0 Å². The maximum Gasteiger partial charge on any atom is 0.0737 e. The first-order chi connectivity index (χ1) is 8.43. The maximum absolute atomic E-state index is 4.55. The number of benzene rings is 1. The van der Waals surface area contributed by atoms with Crippen molar-refractivity contribution in [2.24, 2.45) is 5.10 Å². The van der Waals surface area contributed by atoms with Gasteiger partial charge in [-0.15, -0.1) is 0 Å². The molecular formula is C14H16N2S. The second kappa shape index (κ2) is 4.96. The molecule has 1 unspecified atom stereocenters. The number of nitrogens with zero attached hydrogens (tertiary/aromatic N) is 1. The van der Waals surface area contributed by atoms with Gasteiger partial charge in [-0.25, -0.2) is 0 Å². The van der Waals surface area contributed by atoms with Crippen LogP contribution in [0.5, 0.6) is 0 Å². The molecule has 0 radical (unpaired) electrons. The standard InChI is InChI=1S/C14H16N2S/c1-2-6-12-11(5-1)8-9-13(16-15-12)14-7-3-4-10-17-14/h1-2,5-6,8-9,14-15H,3-4,7,10H2. The molecule has 1 fully saturated rings. The van der Waals surface area contributed by atoms with Crippen LogP contribution >= 0.6 is 11.8 Å². The van der Waals surface area contributed by atoms with Crippen LogP contribution in [0, 0.1) is 0 Å². The van der Waals surface area contributed by atoms with E-state index in [-0.39, 0.29) is 0 Å². The second-order valence-corrected chi connectivity index (χ2v) is 5.73. The third kappa shape index (κ3) is 2.39. The molecule has 0 saturated carbocycles. The summed E-state index contributed by atoms with van der Waals surface area (Å²) in [6.45, 7) is 0. The molecule has 0 aromatic heterocycles. The van der Waals surface area contributed by atoms with E-state index in [2.05, 4.69) is 40.9 Å². The summed E-state index contributed by atoms with van der Waals surface area (Å²) in [5.41, 5.74) is 6.68. The van der Waals surface area contributed by atoms with Crippen LogP contribution in [-0.2, 0) is 0 Å². The first-order valence-corrected chi connectivity index (χ1v) is 7.21. The lowest BCUT2D eigenvalue weighted by atomic mass is 10.1. The molecule has 2 heterocycles. The van der Waals surface area contributed by atoms with Gasteiger partial charge in [0.15, 0.2) is 0 Å². The Hall–Kier alpha value is -1.22. The minimum atomic E-state index is 0.571. The molecule has 1 aromatic carbocycles. The van der Waals surface area contributed by atoms with E-state index in [1.54, 1.807) is 0 Å². The van der Waals surface area contributed by atoms with Crippen molar-refractivity contribution >= 4 is 29.2 Å². The largest absolute Gasteiger partial charge is 0.278 e. The third-order valence-electron chi connectivity index (χ3n) is 3.21. The molecule has 2 nitrogen and oxygen atoms in total. The zero-order valence-electron chi connectivity index (χ0n) is 9.73. The fraction of sp³-hybridized carbons (Fsp3) is 0.357. The monoisotopic (exact) mass is 244 g/mol. The molecule has 1 N–H and O–H groups in total. The van der Waals surface area contributed by atoms with E-state index in [0.717, 1.165) is 5.69 Å². The van der Waals surface area contributed by atoms with Gasteiger partial charge in [-0.3, -0.25) is 5.43 Å². The number of allylic oxidation sites excluding steroid dienone is 1. The molecule has 17 heavy (non-hydrogen) atoms. The minimum absolute atomic E-state index is 0.571. The van der Waals surface area contributed by atoms with Crippen molar-refractivity contribution in [2.45, 2.75) is 24.5 Å². The van der Waals surface area contributed by atoms with E-state index >= 15 is 0 Å². The Bertz CT molecular complexity index is 459. The van der Waals surface area contributed by atoms with Crippen molar-refractivity contribution < 1.29 is 0 Å². The number of fused-ring (bicyclic) bond motifs is 1. The second-order valence-electron chi connectivity index (χ2n) is 4.42. The van der Waals surface area contributed by atoms with Crippen molar-refractivity contribution in [3.8, 4) is 0 Å². The molecule has 3 rings (SSSR count). The zero-order valence-corrected chi connectivity index (χ0v) is 10.5. The summed E-state index contributed by atoms with van der Waals surface area (Å²) in [6, 6.07) is 8.28. The fourth-order valence-electron chi connectivity index (χ4n) is 2.23. The van der Waals surface area contributed by atoms with Gasteiger partial charge in [-0.2, -0.15) is 16.9 Å². The summed E-state index contributed by atoms with van der Waals surface area (Å²) in [4.78, 5) is 0. The summed E-state index contributed by atoms with van der Waals surface area (Å²) in [7, 11) is 0. The lowest BCUT2D eigenvalue weighted by molar-refractivity contribution is 0.732. The van der Waals surface area contributed by atoms with Gasteiger partial charge < -0.3 is 0 Å². The molecule has 2 aliphatic rings. The van der Waals surface area contributed by atoms with Crippen molar-refractivity contribution in [2.75, 3.05) is 11.2 Å². The smallest absolute Gasteiger partial charge is 0.0737 e. The van der Waals surface area contributed by atoms with Gasteiger partial charge in [0.1, 0.15) is 0 Å². The van der Waals surface area contributed by atoms with Crippen LogP contribution in [0.2, 0.25) is 0 Å². The van der Waals surface area contributed by atoms with Crippen molar-refractivity contribution in [1.82, 2.24) is 0 Å². The van der Waals surface area contributed by atoms with Crippen LogP contribution in [0.3, 0.4) is 0 Å². The van der Waals surface area contributed by atoms with Crippen molar-refractivity contribution in [1.29, 1.82) is 0 Å². The lowest BCUT2D eigenvalue weighted by Gasteiger charge is -2.20. The molecule has 1 saturated heterocycles. The van der Waals surface area contributed by atoms with E-state index in [9.17, 15) is 0 Å². The fourth-order valence-corrected chi connectivity index (χ4v) is 3.53. The highest BCUT2D eigenvalue weighted by Crippen LogP contribution is 2.28. The number of anilines is 1. The third-order valence-corrected chi connectivity index (χ3v) is 4.61. The average Bonchev–Trinajstić information content (AvgIpc) is 2.62. The summed E-state index contributed by atoms with van der Waals surface area (Å²) >= 11 is 2.04. The number of para-hydroxylation sites is 1. The molecule has 0 amide bonds. The van der Waals surface area contributed by atoms with Gasteiger partial charge in [-0.1, -0.05) is 30.7 Å². The van der Waals surface area contributed by atoms with Gasteiger partial charge in [0.2, 0.25) is 0 Å². The topological polar surface area (TPSA) is 24.4 Å². The zero-order chi connectivity index (χ0) is 11.5. The number of thioether (sulfide) groups is 1. The van der Waals surface area contributed by atoms with Crippen molar-refractivity contribution in [3.05, 3.63) is 35.9 Å². The van der Waals surface area contributed by atoms with E-state index < -0.39 is 0 Å². The number of hydrazone groups is 1. The van der Waals surface area contributed by atoms with E-state index in [1.165, 1.54) is 36.3 Å². The summed E-state index contributed by atoms with van der Waals surface area (Å²) in [6.07, 6.45) is 8.28. The van der Waals surface area contributed by atoms with E-state index in [4.69, 9.17) is 0 Å². The molecule has 88 valence electrons. The first kappa shape index (κ1) is 10.9. The van der Waals surface area contributed by atoms with Crippen LogP contribution in [0.4, 0.5) is 5.69 Å². The van der Waals surface area contributed by atoms with Crippen molar-refractivity contribution in [3.63, 3.8) is 0 Å². The Morgan fingerprint density at radius 2 is 2.12 bits per heavy atom. The highest BCUT2D eigenvalue weighted by atomic mass is 32.2. The molecule has 0 bridgehead atoms. The Balaban J connectivity index is 1.83. The van der Waals surface area contributed by atoms with Crippen LogP contribution in [-0.4, -0.2) is 16.7 Å². The maximum atomic E-state index is 4.55. The van der Waals surface area contributed by atoms with E-state index in [1.807, 2.05) is 17.8 Å². The predicted octanol–water partition coefficient (Wildman–Crippen LogP) is 3.77. The van der Waals surface area contributed by atoms with Crippen LogP contribution in [0.25, 0.3) is 6.08 Å². The quantitative estimate of drug-likeness (QED) is 0.813. The predicted molar refractivity (Wildman–Crippen MR) is 76.6 cm³/mol. The number of hydrogen-bond donors (Lipinski definition) is 1. The highest BCUT2D eigenvalue weighted by molar-refractivity contribution is 8.00. The molecule has 1 atom stereocenters. The molecule has 0 aliphatic carbocycles. The number of hydrogen-bond acceptors (Lipinski definition) is 3. The number of rotatable bonds is 1. The minimum Gasteiger partial charge on any atom is -0.278 e. The summed E-state index contributed by atoms with van der Waals surface area (Å²) in [5.74, 6) is 1.27. The Kier molecular flexibility index (Phi) is 3.18. The van der Waals surface area contributed by atoms with Crippen LogP contribution < -0.4 is 5.43 Å². The molecule has 3 heteroatoms. The van der Waals surface area contributed by atoms with Crippen LogP contribution in [0.1, 0.15) is 24.8 Å². The van der Waals surface area contributed by atoms with Crippen LogP contribution in [0.15, 0.2) is 35.4 Å². The molecule has 2 aliphatic heterocycles. The van der Waals surface area contributed by atoms with Gasteiger partial charge in [-0.05, 0) is 36.3 Å². The molecular weight excluding hydrogens is 228 g/mol. The first-order valence-electron chi connectivity index (χ1n) is 6.16. The average molecular weight is 244 g/mol.